The number of cyclic esters (lactones) is 1. The lowest BCUT2D eigenvalue weighted by Gasteiger charge is -2.10. The molecule has 1 heterocycles. The van der Waals surface area contributed by atoms with Gasteiger partial charge >= 0.3 is 5.97 Å². The molecule has 0 aromatic rings. The van der Waals surface area contributed by atoms with Crippen LogP contribution < -0.4 is 0 Å². The van der Waals surface area contributed by atoms with Crippen molar-refractivity contribution < 1.29 is 9.53 Å². The topological polar surface area (TPSA) is 26.3 Å². The molecule has 1 rings (SSSR count). The van der Waals surface area contributed by atoms with E-state index in [1.165, 1.54) is 5.57 Å². The van der Waals surface area contributed by atoms with Gasteiger partial charge in [-0.05, 0) is 51.0 Å². The molecular weight excluding hydrogens is 212 g/mol. The first kappa shape index (κ1) is 14.0. The van der Waals surface area contributed by atoms with Gasteiger partial charge in [0.2, 0.25) is 0 Å². The zero-order chi connectivity index (χ0) is 12.7. The van der Waals surface area contributed by atoms with E-state index < -0.39 is 0 Å². The third-order valence-electron chi connectivity index (χ3n) is 3.16. The number of esters is 1. The number of carbonyl (C=O) groups is 1. The summed E-state index contributed by atoms with van der Waals surface area (Å²) in [6, 6.07) is 0. The Balaban J connectivity index is 2.61. The minimum Gasteiger partial charge on any atom is -0.461 e. The highest BCUT2D eigenvalue weighted by Gasteiger charge is 2.10. The van der Waals surface area contributed by atoms with E-state index in [0.29, 0.717) is 18.9 Å². The average Bonchev–Trinajstić information content (AvgIpc) is 2.26. The summed E-state index contributed by atoms with van der Waals surface area (Å²) in [6.07, 6.45) is 9.32. The molecule has 0 spiro atoms. The Kier molecular flexibility index (Phi) is 6.03. The molecule has 1 aliphatic heterocycles. The molecule has 2 heteroatoms. The maximum Gasteiger partial charge on any atom is 0.306 e. The van der Waals surface area contributed by atoms with Crippen molar-refractivity contribution in [2.45, 2.75) is 52.9 Å². The maximum absolute atomic E-state index is 11.5. The summed E-state index contributed by atoms with van der Waals surface area (Å²) in [5, 5.41) is 0. The van der Waals surface area contributed by atoms with Crippen LogP contribution in [-0.4, -0.2) is 12.6 Å². The second-order valence-corrected chi connectivity index (χ2v) is 5.19. The van der Waals surface area contributed by atoms with Crippen molar-refractivity contribution in [3.8, 4) is 0 Å². The van der Waals surface area contributed by atoms with E-state index in [-0.39, 0.29) is 5.97 Å². The molecule has 0 aromatic heterocycles. The van der Waals surface area contributed by atoms with Crippen LogP contribution in [0.3, 0.4) is 0 Å². The largest absolute Gasteiger partial charge is 0.461 e. The van der Waals surface area contributed by atoms with E-state index in [9.17, 15) is 4.79 Å². The summed E-state index contributed by atoms with van der Waals surface area (Å²) >= 11 is 0. The van der Waals surface area contributed by atoms with Gasteiger partial charge in [-0.3, -0.25) is 4.79 Å². The van der Waals surface area contributed by atoms with Gasteiger partial charge in [0.05, 0.1) is 0 Å². The molecule has 0 unspecified atom stereocenters. The average molecular weight is 236 g/mol. The number of rotatable bonds is 0. The summed E-state index contributed by atoms with van der Waals surface area (Å²) in [5.74, 6) is 0.349. The van der Waals surface area contributed by atoms with Gasteiger partial charge < -0.3 is 4.74 Å². The molecule has 0 radical (unpaired) electrons. The van der Waals surface area contributed by atoms with Crippen LogP contribution in [0.1, 0.15) is 52.9 Å². The minimum absolute atomic E-state index is 0.0646. The van der Waals surface area contributed by atoms with Crippen molar-refractivity contribution in [1.82, 2.24) is 0 Å². The minimum atomic E-state index is -0.0646. The number of hydrogen-bond acceptors (Lipinski definition) is 2. The zero-order valence-corrected chi connectivity index (χ0v) is 11.3. The standard InChI is InChI=1S/C15H24O2/c1-12-6-4-8-13(2)10-15(16)17-11-14(3)9-5-7-12/h6,9,13H,4-5,7-8,10-11H2,1-3H3/b12-6+,14-9+/t13-/m0/s1. The van der Waals surface area contributed by atoms with Gasteiger partial charge in [0.1, 0.15) is 6.61 Å². The Morgan fingerprint density at radius 2 is 1.88 bits per heavy atom. The monoisotopic (exact) mass is 236 g/mol. The van der Waals surface area contributed by atoms with Crippen molar-refractivity contribution >= 4 is 5.97 Å². The molecule has 1 aliphatic rings. The normalized spacial score (nSPS) is 30.8. The molecule has 0 saturated heterocycles. The molecule has 0 fully saturated rings. The van der Waals surface area contributed by atoms with Crippen molar-refractivity contribution in [1.29, 1.82) is 0 Å². The van der Waals surface area contributed by atoms with Crippen molar-refractivity contribution in [3.63, 3.8) is 0 Å². The summed E-state index contributed by atoms with van der Waals surface area (Å²) in [5.41, 5.74) is 2.60. The highest BCUT2D eigenvalue weighted by atomic mass is 16.5. The molecule has 0 saturated carbocycles. The fourth-order valence-electron chi connectivity index (χ4n) is 1.96. The van der Waals surface area contributed by atoms with Crippen LogP contribution in [0.25, 0.3) is 0 Å². The van der Waals surface area contributed by atoms with Gasteiger partial charge in [-0.15, -0.1) is 0 Å². The zero-order valence-electron chi connectivity index (χ0n) is 11.3. The number of carbonyl (C=O) groups excluding carboxylic acids is 1. The second-order valence-electron chi connectivity index (χ2n) is 5.19. The molecule has 0 bridgehead atoms. The van der Waals surface area contributed by atoms with Crippen molar-refractivity contribution in [2.24, 2.45) is 5.92 Å². The highest BCUT2D eigenvalue weighted by molar-refractivity contribution is 5.69. The summed E-state index contributed by atoms with van der Waals surface area (Å²) < 4.78 is 5.24. The van der Waals surface area contributed by atoms with Crippen LogP contribution in [0, 0.1) is 5.92 Å². The smallest absolute Gasteiger partial charge is 0.306 e. The van der Waals surface area contributed by atoms with Crippen LogP contribution >= 0.6 is 0 Å². The van der Waals surface area contributed by atoms with Gasteiger partial charge in [0.15, 0.2) is 0 Å². The lowest BCUT2D eigenvalue weighted by Crippen LogP contribution is -2.10. The molecule has 1 atom stereocenters. The SMILES string of the molecule is C/C1=C\CC[C@H](C)CC(=O)OC/C(C)=C/CC1. The lowest BCUT2D eigenvalue weighted by molar-refractivity contribution is -0.143. The lowest BCUT2D eigenvalue weighted by atomic mass is 10.0. The van der Waals surface area contributed by atoms with Gasteiger partial charge in [0.25, 0.3) is 0 Å². The predicted octanol–water partition coefficient (Wildman–Crippen LogP) is 4.02. The number of allylic oxidation sites excluding steroid dienone is 3. The van der Waals surface area contributed by atoms with Crippen LogP contribution in [0.5, 0.6) is 0 Å². The van der Waals surface area contributed by atoms with Crippen LogP contribution in [0.2, 0.25) is 0 Å². The molecule has 0 aromatic carbocycles. The fourth-order valence-corrected chi connectivity index (χ4v) is 1.96. The first-order valence-electron chi connectivity index (χ1n) is 6.55. The van der Waals surface area contributed by atoms with Gasteiger partial charge in [-0.1, -0.05) is 24.6 Å². The fraction of sp³-hybridized carbons (Fsp3) is 0.667. The Labute approximate surface area is 105 Å². The maximum atomic E-state index is 11.5. The third kappa shape index (κ3) is 6.30. The Hall–Kier alpha value is -1.05. The van der Waals surface area contributed by atoms with E-state index in [0.717, 1.165) is 31.3 Å². The van der Waals surface area contributed by atoms with Crippen molar-refractivity contribution in [3.05, 3.63) is 23.3 Å². The van der Waals surface area contributed by atoms with Crippen molar-refractivity contribution in [2.75, 3.05) is 6.61 Å². The highest BCUT2D eigenvalue weighted by Crippen LogP contribution is 2.15. The van der Waals surface area contributed by atoms with Gasteiger partial charge in [-0.2, -0.15) is 0 Å². The van der Waals surface area contributed by atoms with Crippen LogP contribution in [0.4, 0.5) is 0 Å². The van der Waals surface area contributed by atoms with E-state index in [2.05, 4.69) is 26.0 Å². The summed E-state index contributed by atoms with van der Waals surface area (Å²) in [7, 11) is 0. The van der Waals surface area contributed by atoms with Gasteiger partial charge in [-0.25, -0.2) is 0 Å². The quantitative estimate of drug-likeness (QED) is 0.469. The Morgan fingerprint density at radius 1 is 1.18 bits per heavy atom. The molecule has 0 aliphatic carbocycles. The third-order valence-corrected chi connectivity index (χ3v) is 3.16. The second kappa shape index (κ2) is 7.31. The number of ether oxygens (including phenoxy) is 1. The molecular formula is C15H24O2. The summed E-state index contributed by atoms with van der Waals surface area (Å²) in [6.45, 7) is 6.78. The molecule has 96 valence electrons. The van der Waals surface area contributed by atoms with E-state index in [4.69, 9.17) is 4.74 Å². The first-order chi connectivity index (χ1) is 8.08. The number of hydrogen-bond donors (Lipinski definition) is 0. The van der Waals surface area contributed by atoms with E-state index in [1.54, 1.807) is 0 Å². The summed E-state index contributed by atoms with van der Waals surface area (Å²) in [4.78, 5) is 11.5. The molecule has 0 amide bonds. The van der Waals surface area contributed by atoms with E-state index >= 15 is 0 Å². The predicted molar refractivity (Wildman–Crippen MR) is 70.7 cm³/mol. The Bertz CT molecular complexity index is 313. The first-order valence-corrected chi connectivity index (χ1v) is 6.55. The van der Waals surface area contributed by atoms with Gasteiger partial charge in [0, 0.05) is 6.42 Å². The molecule has 2 nitrogen and oxygen atoms in total. The molecule has 0 N–H and O–H groups in total. The van der Waals surface area contributed by atoms with Crippen LogP contribution in [-0.2, 0) is 9.53 Å². The van der Waals surface area contributed by atoms with E-state index in [1.807, 2.05) is 6.92 Å². The Morgan fingerprint density at radius 3 is 2.65 bits per heavy atom. The van der Waals surface area contributed by atoms with Crippen LogP contribution in [0.15, 0.2) is 23.3 Å². The molecule has 17 heavy (non-hydrogen) atoms.